The molecule has 6 heteroatoms. The summed E-state index contributed by atoms with van der Waals surface area (Å²) in [6.07, 6.45) is 0. The molecule has 0 spiro atoms. The van der Waals surface area contributed by atoms with Crippen LogP contribution >= 0.6 is 0 Å². The van der Waals surface area contributed by atoms with Gasteiger partial charge in [0.1, 0.15) is 0 Å². The number of hydrogen-bond acceptors (Lipinski definition) is 3. The molecular weight excluding hydrogens is 304 g/mol. The van der Waals surface area contributed by atoms with Crippen molar-refractivity contribution in [1.29, 1.82) is 0 Å². The lowest BCUT2D eigenvalue weighted by atomic mass is 10.2. The average Bonchev–Trinajstić information content (AvgIpc) is 2.57. The van der Waals surface area contributed by atoms with Gasteiger partial charge in [0.25, 0.3) is 0 Å². The van der Waals surface area contributed by atoms with Gasteiger partial charge in [0.15, 0.2) is 5.96 Å². The lowest BCUT2D eigenvalue weighted by Gasteiger charge is -2.14. The average molecular weight is 334 g/mol. The molecule has 3 N–H and O–H groups in total. The second-order valence-corrected chi connectivity index (χ2v) is 5.74. The van der Waals surface area contributed by atoms with Crippen molar-refractivity contribution in [3.63, 3.8) is 0 Å². The molecule has 0 aliphatic rings. The van der Waals surface area contributed by atoms with Crippen LogP contribution in [0.5, 0.6) is 0 Å². The van der Waals surface area contributed by atoms with Crippen LogP contribution in [0.15, 0.2) is 35.3 Å². The van der Waals surface area contributed by atoms with Gasteiger partial charge in [-0.15, -0.1) is 0 Å². The fraction of sp³-hybridized carbons (Fsp3) is 0.556. The van der Waals surface area contributed by atoms with Gasteiger partial charge in [-0.25, -0.2) is 0 Å². The van der Waals surface area contributed by atoms with Gasteiger partial charge in [0.05, 0.1) is 13.2 Å². The Kier molecular flexibility index (Phi) is 10.3. The summed E-state index contributed by atoms with van der Waals surface area (Å²) in [5, 5.41) is 9.14. The van der Waals surface area contributed by atoms with E-state index in [1.54, 1.807) is 0 Å². The number of aliphatic imine (C=N–C) groups is 1. The number of amides is 1. The number of carbonyl (C=O) groups is 1. The first kappa shape index (κ1) is 20.0. The molecule has 0 radical (unpaired) electrons. The van der Waals surface area contributed by atoms with E-state index in [9.17, 15) is 4.79 Å². The molecule has 1 aromatic carbocycles. The molecular formula is C18H30N4O2. The van der Waals surface area contributed by atoms with Gasteiger partial charge in [-0.05, 0) is 18.4 Å². The molecule has 1 rings (SSSR count). The Hall–Kier alpha value is -2.08. The van der Waals surface area contributed by atoms with Gasteiger partial charge in [0.2, 0.25) is 5.91 Å². The molecule has 0 saturated carbocycles. The van der Waals surface area contributed by atoms with Gasteiger partial charge < -0.3 is 20.7 Å². The van der Waals surface area contributed by atoms with E-state index in [0.717, 1.165) is 12.5 Å². The predicted octanol–water partition coefficient (Wildman–Crippen LogP) is 1.53. The largest absolute Gasteiger partial charge is 0.376 e. The molecule has 1 aromatic rings. The summed E-state index contributed by atoms with van der Waals surface area (Å²) < 4.78 is 5.74. The molecule has 1 amide bonds. The van der Waals surface area contributed by atoms with Gasteiger partial charge in [0, 0.05) is 33.1 Å². The van der Waals surface area contributed by atoms with Gasteiger partial charge in [-0.2, -0.15) is 0 Å². The molecule has 6 nitrogen and oxygen atoms in total. The van der Waals surface area contributed by atoms with E-state index in [-0.39, 0.29) is 5.91 Å². The summed E-state index contributed by atoms with van der Waals surface area (Å²) in [6.45, 7) is 9.66. The Morgan fingerprint density at radius 1 is 1.17 bits per heavy atom. The van der Waals surface area contributed by atoms with Crippen molar-refractivity contribution in [3.05, 3.63) is 35.9 Å². The molecule has 0 bridgehead atoms. The van der Waals surface area contributed by atoms with Crippen molar-refractivity contribution in [1.82, 2.24) is 16.0 Å². The summed E-state index contributed by atoms with van der Waals surface area (Å²) in [6, 6.07) is 10.2. The molecule has 0 aromatic heterocycles. The Labute approximate surface area is 145 Å². The standard InChI is InChI=1S/C18H30N4O2/c1-4-19-18(21-11-10-20-16(3)23)22-12-15(2)13-24-14-17-8-6-5-7-9-17/h5-9,15H,4,10-14H2,1-3H3,(H,20,23)(H2,19,21,22). The monoisotopic (exact) mass is 334 g/mol. The lowest BCUT2D eigenvalue weighted by molar-refractivity contribution is -0.118. The Morgan fingerprint density at radius 3 is 2.54 bits per heavy atom. The number of guanidine groups is 1. The van der Waals surface area contributed by atoms with Crippen molar-refractivity contribution in [2.45, 2.75) is 27.4 Å². The third-order valence-electron chi connectivity index (χ3n) is 3.21. The van der Waals surface area contributed by atoms with Crippen molar-refractivity contribution >= 4 is 11.9 Å². The number of carbonyl (C=O) groups excluding carboxylic acids is 1. The number of hydrogen-bond donors (Lipinski definition) is 3. The van der Waals surface area contributed by atoms with E-state index < -0.39 is 0 Å². The summed E-state index contributed by atoms with van der Waals surface area (Å²) in [5.74, 6) is 1.07. The molecule has 0 aliphatic carbocycles. The van der Waals surface area contributed by atoms with E-state index in [2.05, 4.69) is 40.0 Å². The molecule has 1 atom stereocenters. The van der Waals surface area contributed by atoms with Crippen LogP contribution in [0.3, 0.4) is 0 Å². The fourth-order valence-electron chi connectivity index (χ4n) is 2.01. The first-order valence-corrected chi connectivity index (χ1v) is 8.50. The number of ether oxygens (including phenoxy) is 1. The fourth-order valence-corrected chi connectivity index (χ4v) is 2.01. The van der Waals surface area contributed by atoms with Gasteiger partial charge in [-0.3, -0.25) is 9.79 Å². The summed E-state index contributed by atoms with van der Waals surface area (Å²) in [7, 11) is 0. The van der Waals surface area contributed by atoms with E-state index in [1.807, 2.05) is 25.1 Å². The van der Waals surface area contributed by atoms with Gasteiger partial charge in [-0.1, -0.05) is 37.3 Å². The highest BCUT2D eigenvalue weighted by atomic mass is 16.5. The zero-order valence-electron chi connectivity index (χ0n) is 15.0. The topological polar surface area (TPSA) is 74.8 Å². The van der Waals surface area contributed by atoms with Crippen LogP contribution < -0.4 is 16.0 Å². The van der Waals surface area contributed by atoms with Crippen LogP contribution in [0.1, 0.15) is 26.3 Å². The highest BCUT2D eigenvalue weighted by Crippen LogP contribution is 2.03. The van der Waals surface area contributed by atoms with E-state index >= 15 is 0 Å². The van der Waals surface area contributed by atoms with Crippen LogP contribution in [-0.2, 0) is 16.1 Å². The van der Waals surface area contributed by atoms with Crippen molar-refractivity contribution in [3.8, 4) is 0 Å². The van der Waals surface area contributed by atoms with E-state index in [1.165, 1.54) is 12.5 Å². The van der Waals surface area contributed by atoms with Crippen LogP contribution in [0, 0.1) is 5.92 Å². The van der Waals surface area contributed by atoms with Crippen molar-refractivity contribution < 1.29 is 9.53 Å². The predicted molar refractivity (Wildman–Crippen MR) is 97.9 cm³/mol. The minimum absolute atomic E-state index is 0.0251. The lowest BCUT2D eigenvalue weighted by Crippen LogP contribution is -2.41. The second kappa shape index (κ2) is 12.4. The Morgan fingerprint density at radius 2 is 1.88 bits per heavy atom. The molecule has 0 fully saturated rings. The SMILES string of the molecule is CCNC(=NCC(C)COCc1ccccc1)NCCNC(C)=O. The van der Waals surface area contributed by atoms with Crippen molar-refractivity contribution in [2.75, 3.05) is 32.8 Å². The zero-order chi connectivity index (χ0) is 17.6. The molecule has 134 valence electrons. The first-order valence-electron chi connectivity index (χ1n) is 8.50. The maximum Gasteiger partial charge on any atom is 0.216 e. The third kappa shape index (κ3) is 9.84. The van der Waals surface area contributed by atoms with Crippen LogP contribution in [-0.4, -0.2) is 44.7 Å². The van der Waals surface area contributed by atoms with E-state index in [4.69, 9.17) is 4.74 Å². The van der Waals surface area contributed by atoms with E-state index in [0.29, 0.717) is 38.8 Å². The first-order chi connectivity index (χ1) is 11.6. The number of nitrogens with zero attached hydrogens (tertiary/aromatic N) is 1. The molecule has 0 aliphatic heterocycles. The van der Waals surface area contributed by atoms with Crippen molar-refractivity contribution in [2.24, 2.45) is 10.9 Å². The highest BCUT2D eigenvalue weighted by Gasteiger charge is 2.03. The maximum atomic E-state index is 10.8. The molecule has 0 heterocycles. The maximum absolute atomic E-state index is 10.8. The highest BCUT2D eigenvalue weighted by molar-refractivity contribution is 5.79. The zero-order valence-corrected chi connectivity index (χ0v) is 15.0. The normalized spacial score (nSPS) is 12.5. The number of rotatable bonds is 10. The third-order valence-corrected chi connectivity index (χ3v) is 3.21. The van der Waals surface area contributed by atoms with Crippen LogP contribution in [0.2, 0.25) is 0 Å². The minimum atomic E-state index is -0.0251. The molecule has 1 unspecified atom stereocenters. The Bertz CT molecular complexity index is 491. The smallest absolute Gasteiger partial charge is 0.216 e. The van der Waals surface area contributed by atoms with Crippen LogP contribution in [0.4, 0.5) is 0 Å². The summed E-state index contributed by atoms with van der Waals surface area (Å²) in [4.78, 5) is 15.4. The molecule has 24 heavy (non-hydrogen) atoms. The van der Waals surface area contributed by atoms with Crippen LogP contribution in [0.25, 0.3) is 0 Å². The number of nitrogens with one attached hydrogen (secondary N) is 3. The summed E-state index contributed by atoms with van der Waals surface area (Å²) in [5.41, 5.74) is 1.18. The quantitative estimate of drug-likeness (QED) is 0.345. The minimum Gasteiger partial charge on any atom is -0.376 e. The second-order valence-electron chi connectivity index (χ2n) is 5.74. The Balaban J connectivity index is 2.26. The van der Waals surface area contributed by atoms with Gasteiger partial charge >= 0.3 is 0 Å². The number of benzene rings is 1. The summed E-state index contributed by atoms with van der Waals surface area (Å²) >= 11 is 0. The molecule has 0 saturated heterocycles.